The van der Waals surface area contributed by atoms with Gasteiger partial charge in [-0.3, -0.25) is 9.59 Å². The maximum Gasteiger partial charge on any atom is 0.238 e. The molecule has 2 amide bonds. The van der Waals surface area contributed by atoms with E-state index in [9.17, 15) is 9.59 Å². The molecule has 0 unspecified atom stereocenters. The molecule has 7 nitrogen and oxygen atoms in total. The molecule has 0 N–H and O–H groups in total. The molecule has 0 aromatic heterocycles. The number of morpholine rings is 1. The van der Waals surface area contributed by atoms with Gasteiger partial charge in [-0.1, -0.05) is 6.08 Å². The van der Waals surface area contributed by atoms with Crippen LogP contribution in [0.1, 0.15) is 25.7 Å². The summed E-state index contributed by atoms with van der Waals surface area (Å²) < 4.78 is 16.2. The Kier molecular flexibility index (Phi) is 5.76. The molecule has 3 aliphatic rings. The molecule has 1 aliphatic carbocycles. The lowest BCUT2D eigenvalue weighted by molar-refractivity contribution is -0.123. The highest BCUT2D eigenvalue weighted by Gasteiger charge is 2.46. The number of nitrogens with zero attached hydrogens (tertiary/aromatic N) is 2. The summed E-state index contributed by atoms with van der Waals surface area (Å²) in [6.07, 6.45) is 5.49. The molecule has 2 atom stereocenters. The Bertz CT molecular complexity index is 815. The highest BCUT2D eigenvalue weighted by Crippen LogP contribution is 2.42. The number of carbonyl (C=O) groups excluding carboxylic acids is 2. The molecule has 1 aromatic carbocycles. The topological polar surface area (TPSA) is 68.3 Å². The number of hydrogen-bond donors (Lipinski definition) is 0. The van der Waals surface area contributed by atoms with E-state index in [1.54, 1.807) is 25.3 Å². The molecule has 2 heterocycles. The fourth-order valence-corrected chi connectivity index (χ4v) is 4.67. The SMILES string of the molecule is COc1ccc(N2C(=O)C[C@@H]([C@H]3CCCC=C3N3CCOCC3)C2=O)c(OC)c1. The number of amides is 2. The molecular formula is C22H28N2O5. The Labute approximate surface area is 171 Å². The van der Waals surface area contributed by atoms with Crippen molar-refractivity contribution in [3.05, 3.63) is 30.0 Å². The van der Waals surface area contributed by atoms with E-state index in [0.29, 0.717) is 30.4 Å². The average molecular weight is 400 g/mol. The van der Waals surface area contributed by atoms with Crippen LogP contribution >= 0.6 is 0 Å². The molecule has 2 saturated heterocycles. The predicted octanol–water partition coefficient (Wildman–Crippen LogP) is 2.60. The van der Waals surface area contributed by atoms with Crippen molar-refractivity contribution in [1.82, 2.24) is 4.90 Å². The number of anilines is 1. The van der Waals surface area contributed by atoms with Gasteiger partial charge in [-0.15, -0.1) is 0 Å². The highest BCUT2D eigenvalue weighted by atomic mass is 16.5. The number of benzene rings is 1. The molecule has 2 fully saturated rings. The van der Waals surface area contributed by atoms with Crippen molar-refractivity contribution in [1.29, 1.82) is 0 Å². The minimum absolute atomic E-state index is 0.0764. The summed E-state index contributed by atoms with van der Waals surface area (Å²) in [4.78, 5) is 30.0. The smallest absolute Gasteiger partial charge is 0.238 e. The number of allylic oxidation sites excluding steroid dienone is 2. The summed E-state index contributed by atoms with van der Waals surface area (Å²) in [7, 11) is 3.10. The van der Waals surface area contributed by atoms with Crippen LogP contribution in [0.5, 0.6) is 11.5 Å². The Balaban J connectivity index is 1.61. The second kappa shape index (κ2) is 8.45. The zero-order chi connectivity index (χ0) is 20.4. The summed E-state index contributed by atoms with van der Waals surface area (Å²) >= 11 is 0. The van der Waals surface area contributed by atoms with E-state index in [1.165, 1.54) is 17.7 Å². The van der Waals surface area contributed by atoms with Gasteiger partial charge in [0.1, 0.15) is 11.5 Å². The van der Waals surface area contributed by atoms with E-state index in [-0.39, 0.29) is 30.1 Å². The van der Waals surface area contributed by atoms with Gasteiger partial charge in [0.2, 0.25) is 11.8 Å². The molecule has 2 aliphatic heterocycles. The van der Waals surface area contributed by atoms with Crippen LogP contribution in [-0.2, 0) is 14.3 Å². The van der Waals surface area contributed by atoms with E-state index in [0.717, 1.165) is 32.4 Å². The van der Waals surface area contributed by atoms with Crippen molar-refractivity contribution in [2.75, 3.05) is 45.4 Å². The van der Waals surface area contributed by atoms with Crippen molar-refractivity contribution >= 4 is 17.5 Å². The van der Waals surface area contributed by atoms with E-state index >= 15 is 0 Å². The average Bonchev–Trinajstić information content (AvgIpc) is 3.07. The molecule has 29 heavy (non-hydrogen) atoms. The quantitative estimate of drug-likeness (QED) is 0.708. The number of carbonyl (C=O) groups is 2. The molecule has 1 aromatic rings. The second-order valence-electron chi connectivity index (χ2n) is 7.68. The van der Waals surface area contributed by atoms with Crippen molar-refractivity contribution in [3.8, 4) is 11.5 Å². The molecule has 4 rings (SSSR count). The lowest BCUT2D eigenvalue weighted by atomic mass is 9.80. The van der Waals surface area contributed by atoms with Gasteiger partial charge >= 0.3 is 0 Å². The lowest BCUT2D eigenvalue weighted by Gasteiger charge is -2.38. The Morgan fingerprint density at radius 3 is 2.59 bits per heavy atom. The monoisotopic (exact) mass is 400 g/mol. The normalized spacial score (nSPS) is 25.2. The third kappa shape index (κ3) is 3.71. The first kappa shape index (κ1) is 19.8. The molecule has 7 heteroatoms. The number of rotatable bonds is 5. The number of methoxy groups -OCH3 is 2. The fraction of sp³-hybridized carbons (Fsp3) is 0.545. The number of ether oxygens (including phenoxy) is 3. The zero-order valence-electron chi connectivity index (χ0n) is 17.1. The molecule has 156 valence electrons. The number of hydrogen-bond acceptors (Lipinski definition) is 6. The molecule has 0 bridgehead atoms. The van der Waals surface area contributed by atoms with Crippen LogP contribution in [-0.4, -0.2) is 57.2 Å². The molecule has 0 spiro atoms. The van der Waals surface area contributed by atoms with Gasteiger partial charge in [0, 0.05) is 37.2 Å². The fourth-order valence-electron chi connectivity index (χ4n) is 4.67. The maximum atomic E-state index is 13.4. The van der Waals surface area contributed by atoms with Crippen LogP contribution in [0.25, 0.3) is 0 Å². The van der Waals surface area contributed by atoms with E-state index < -0.39 is 0 Å². The summed E-state index contributed by atoms with van der Waals surface area (Å²) in [6, 6.07) is 5.16. The minimum atomic E-state index is -0.330. The minimum Gasteiger partial charge on any atom is -0.497 e. The summed E-state index contributed by atoms with van der Waals surface area (Å²) in [5.41, 5.74) is 1.70. The van der Waals surface area contributed by atoms with E-state index in [4.69, 9.17) is 14.2 Å². The van der Waals surface area contributed by atoms with Crippen molar-refractivity contribution in [2.45, 2.75) is 25.7 Å². The summed E-state index contributed by atoms with van der Waals surface area (Å²) in [5.74, 6) is 0.515. The van der Waals surface area contributed by atoms with Gasteiger partial charge in [0.15, 0.2) is 0 Å². The van der Waals surface area contributed by atoms with Crippen LogP contribution in [0, 0.1) is 11.8 Å². The van der Waals surface area contributed by atoms with Gasteiger partial charge < -0.3 is 19.1 Å². The Morgan fingerprint density at radius 1 is 1.07 bits per heavy atom. The van der Waals surface area contributed by atoms with E-state index in [1.807, 2.05) is 0 Å². The standard InChI is InChI=1S/C22H28N2O5/c1-27-15-7-8-19(20(13-15)28-2)24-21(25)14-17(22(24)26)16-5-3-4-6-18(16)23-9-11-29-12-10-23/h6-8,13,16-17H,3-5,9-12,14H2,1-2H3/t16-,17+/m1/s1. The van der Waals surface area contributed by atoms with Gasteiger partial charge in [-0.25, -0.2) is 4.90 Å². The first-order valence-corrected chi connectivity index (χ1v) is 10.3. The zero-order valence-corrected chi connectivity index (χ0v) is 17.1. The summed E-state index contributed by atoms with van der Waals surface area (Å²) in [5, 5.41) is 0. The maximum absolute atomic E-state index is 13.4. The van der Waals surface area contributed by atoms with Crippen LogP contribution < -0.4 is 14.4 Å². The third-order valence-electron chi connectivity index (χ3n) is 6.12. The third-order valence-corrected chi connectivity index (χ3v) is 6.12. The Morgan fingerprint density at radius 2 is 1.86 bits per heavy atom. The van der Waals surface area contributed by atoms with Crippen molar-refractivity contribution < 1.29 is 23.8 Å². The first-order valence-electron chi connectivity index (χ1n) is 10.3. The predicted molar refractivity (Wildman–Crippen MR) is 108 cm³/mol. The van der Waals surface area contributed by atoms with Crippen LogP contribution in [0.2, 0.25) is 0 Å². The van der Waals surface area contributed by atoms with Crippen LogP contribution in [0.3, 0.4) is 0 Å². The van der Waals surface area contributed by atoms with Gasteiger partial charge in [-0.2, -0.15) is 0 Å². The van der Waals surface area contributed by atoms with Gasteiger partial charge in [0.05, 0.1) is 39.0 Å². The van der Waals surface area contributed by atoms with Gasteiger partial charge in [-0.05, 0) is 31.4 Å². The highest BCUT2D eigenvalue weighted by molar-refractivity contribution is 6.21. The molecule has 0 saturated carbocycles. The number of imide groups is 1. The van der Waals surface area contributed by atoms with Crippen LogP contribution in [0.15, 0.2) is 30.0 Å². The lowest BCUT2D eigenvalue weighted by Crippen LogP contribution is -2.41. The largest absolute Gasteiger partial charge is 0.497 e. The Hall–Kier alpha value is -2.54. The van der Waals surface area contributed by atoms with E-state index in [2.05, 4.69) is 11.0 Å². The van der Waals surface area contributed by atoms with Crippen molar-refractivity contribution in [3.63, 3.8) is 0 Å². The second-order valence-corrected chi connectivity index (χ2v) is 7.68. The first-order chi connectivity index (χ1) is 14.1. The van der Waals surface area contributed by atoms with Crippen LogP contribution in [0.4, 0.5) is 5.69 Å². The molecule has 0 radical (unpaired) electrons. The van der Waals surface area contributed by atoms with Gasteiger partial charge in [0.25, 0.3) is 0 Å². The summed E-state index contributed by atoms with van der Waals surface area (Å²) in [6.45, 7) is 3.09. The molecular weight excluding hydrogens is 372 g/mol. The van der Waals surface area contributed by atoms with Crippen molar-refractivity contribution in [2.24, 2.45) is 11.8 Å².